The van der Waals surface area contributed by atoms with E-state index < -0.39 is 35.6 Å². The molecule has 0 aromatic heterocycles. The molecule has 0 aliphatic heterocycles. The summed E-state index contributed by atoms with van der Waals surface area (Å²) in [7, 11) is 0. The minimum atomic E-state index is -6.57. The van der Waals surface area contributed by atoms with E-state index >= 15 is 0 Å². The van der Waals surface area contributed by atoms with Crippen LogP contribution >= 0.6 is 0 Å². The van der Waals surface area contributed by atoms with Crippen molar-refractivity contribution in [1.29, 1.82) is 0 Å². The van der Waals surface area contributed by atoms with Crippen LogP contribution in [0.3, 0.4) is 0 Å². The van der Waals surface area contributed by atoms with Gasteiger partial charge in [0.05, 0.1) is 0 Å². The Bertz CT molecular complexity index is 343. The molecule has 0 amide bonds. The van der Waals surface area contributed by atoms with Gasteiger partial charge >= 0.3 is 18.0 Å². The van der Waals surface area contributed by atoms with E-state index in [1.807, 2.05) is 0 Å². The van der Waals surface area contributed by atoms with Crippen molar-refractivity contribution in [2.24, 2.45) is 5.41 Å². The van der Waals surface area contributed by atoms with E-state index in [0.29, 0.717) is 0 Å². The standard InChI is InChI=1S/C9H8F7O2/c1-6(2,4-17)3-5(18)7(10,11)8(12,13)9(14,15)16/h3H2,1-2H3. The number of carbonyl (C=O) groups excluding carboxylic acids is 2. The zero-order chi connectivity index (χ0) is 15.0. The van der Waals surface area contributed by atoms with Gasteiger partial charge in [-0.2, -0.15) is 30.7 Å². The lowest BCUT2D eigenvalue weighted by molar-refractivity contribution is -0.343. The average molecular weight is 281 g/mol. The van der Waals surface area contributed by atoms with E-state index in [9.17, 15) is 40.3 Å². The molecule has 0 aliphatic rings. The van der Waals surface area contributed by atoms with Crippen molar-refractivity contribution in [2.75, 3.05) is 0 Å². The fraction of sp³-hybridized carbons (Fsp3) is 0.778. The second-order valence-corrected chi connectivity index (χ2v) is 4.23. The SMILES string of the molecule is CC(C)([C]=O)CC(=O)C(F)(F)C(F)(F)C(F)(F)F. The van der Waals surface area contributed by atoms with E-state index in [1.54, 1.807) is 0 Å². The number of Topliss-reactive ketones (excluding diaryl/α,β-unsaturated/α-hetero) is 1. The Hall–Kier alpha value is -1.15. The van der Waals surface area contributed by atoms with Crippen LogP contribution in [-0.4, -0.2) is 30.1 Å². The van der Waals surface area contributed by atoms with Gasteiger partial charge in [0.1, 0.15) is 0 Å². The molecule has 18 heavy (non-hydrogen) atoms. The first-order chi connectivity index (χ1) is 7.69. The Labute approximate surface area is 97.1 Å². The van der Waals surface area contributed by atoms with Crippen molar-refractivity contribution in [2.45, 2.75) is 38.3 Å². The molecule has 0 unspecified atom stereocenters. The largest absolute Gasteiger partial charge is 0.460 e. The van der Waals surface area contributed by atoms with Gasteiger partial charge in [0.25, 0.3) is 0 Å². The van der Waals surface area contributed by atoms with Gasteiger partial charge in [-0.3, -0.25) is 9.59 Å². The molecule has 1 radical (unpaired) electrons. The summed E-state index contributed by atoms with van der Waals surface area (Å²) in [6.45, 7) is 1.80. The molecule has 0 spiro atoms. The van der Waals surface area contributed by atoms with Crippen LogP contribution in [0.15, 0.2) is 0 Å². The molecule has 0 atom stereocenters. The van der Waals surface area contributed by atoms with E-state index in [1.165, 1.54) is 0 Å². The fourth-order valence-electron chi connectivity index (χ4n) is 0.902. The molecule has 0 rings (SSSR count). The highest BCUT2D eigenvalue weighted by Gasteiger charge is 2.75. The second kappa shape index (κ2) is 4.51. The predicted molar refractivity (Wildman–Crippen MR) is 45.0 cm³/mol. The summed E-state index contributed by atoms with van der Waals surface area (Å²) in [5.41, 5.74) is -1.87. The van der Waals surface area contributed by atoms with Gasteiger partial charge in [-0.05, 0) is 0 Å². The number of hydrogen-bond donors (Lipinski definition) is 0. The molecule has 0 fully saturated rings. The van der Waals surface area contributed by atoms with Gasteiger partial charge in [0, 0.05) is 11.8 Å². The van der Waals surface area contributed by atoms with Crippen LogP contribution in [0.5, 0.6) is 0 Å². The first kappa shape index (κ1) is 16.9. The third kappa shape index (κ3) is 2.99. The maximum absolute atomic E-state index is 12.8. The number of carbonyl (C=O) groups is 1. The third-order valence-corrected chi connectivity index (χ3v) is 1.98. The minimum Gasteiger partial charge on any atom is -0.293 e. The molecule has 0 aromatic rings. The van der Waals surface area contributed by atoms with Crippen LogP contribution in [0.2, 0.25) is 0 Å². The fourth-order valence-corrected chi connectivity index (χ4v) is 0.902. The number of halogens is 7. The average Bonchev–Trinajstić information content (AvgIpc) is 2.15. The van der Waals surface area contributed by atoms with Crippen molar-refractivity contribution in [3.63, 3.8) is 0 Å². The summed E-state index contributed by atoms with van der Waals surface area (Å²) < 4.78 is 85.7. The molecule has 0 heterocycles. The predicted octanol–water partition coefficient (Wildman–Crippen LogP) is 2.91. The monoisotopic (exact) mass is 281 g/mol. The third-order valence-electron chi connectivity index (χ3n) is 1.98. The lowest BCUT2D eigenvalue weighted by Crippen LogP contribution is -2.56. The quantitative estimate of drug-likeness (QED) is 0.726. The summed E-state index contributed by atoms with van der Waals surface area (Å²) in [6.07, 6.45) is -6.94. The van der Waals surface area contributed by atoms with Gasteiger partial charge in [-0.1, -0.05) is 13.8 Å². The van der Waals surface area contributed by atoms with Gasteiger partial charge in [0.2, 0.25) is 12.1 Å². The van der Waals surface area contributed by atoms with Crippen molar-refractivity contribution in [3.05, 3.63) is 0 Å². The highest BCUT2D eigenvalue weighted by atomic mass is 19.4. The number of rotatable bonds is 5. The molecule has 2 nitrogen and oxygen atoms in total. The molecule has 9 heteroatoms. The Kier molecular flexibility index (Phi) is 4.22. The molecular weight excluding hydrogens is 273 g/mol. The van der Waals surface area contributed by atoms with Gasteiger partial charge in [-0.15, -0.1) is 0 Å². The Morgan fingerprint density at radius 3 is 1.67 bits per heavy atom. The summed E-state index contributed by atoms with van der Waals surface area (Å²) in [4.78, 5) is 21.0. The van der Waals surface area contributed by atoms with E-state index in [4.69, 9.17) is 0 Å². The number of alkyl halides is 7. The van der Waals surface area contributed by atoms with Crippen molar-refractivity contribution >= 4 is 12.1 Å². The maximum Gasteiger partial charge on any atom is 0.460 e. The molecule has 0 saturated carbocycles. The topological polar surface area (TPSA) is 34.1 Å². The van der Waals surface area contributed by atoms with E-state index in [2.05, 4.69) is 0 Å². The summed E-state index contributed by atoms with van der Waals surface area (Å²) in [5.74, 6) is -15.1. The van der Waals surface area contributed by atoms with E-state index in [0.717, 1.165) is 20.1 Å². The van der Waals surface area contributed by atoms with Gasteiger partial charge < -0.3 is 0 Å². The lowest BCUT2D eigenvalue weighted by Gasteiger charge is -2.28. The summed E-state index contributed by atoms with van der Waals surface area (Å²) in [5, 5.41) is 0. The molecule has 0 bridgehead atoms. The van der Waals surface area contributed by atoms with Crippen LogP contribution in [0.1, 0.15) is 20.3 Å². The molecule has 0 saturated heterocycles. The van der Waals surface area contributed by atoms with Gasteiger partial charge in [0.15, 0.2) is 0 Å². The minimum absolute atomic E-state index is 0.902. The Balaban J connectivity index is 5.29. The number of ketones is 1. The molecular formula is C9H8F7O2. The summed E-state index contributed by atoms with van der Waals surface area (Å²) in [6, 6.07) is 0. The summed E-state index contributed by atoms with van der Waals surface area (Å²) >= 11 is 0. The zero-order valence-electron chi connectivity index (χ0n) is 9.17. The first-order valence-electron chi connectivity index (χ1n) is 4.44. The van der Waals surface area contributed by atoms with Crippen molar-refractivity contribution < 1.29 is 40.3 Å². The number of hydrogen-bond acceptors (Lipinski definition) is 2. The molecule has 105 valence electrons. The molecule has 0 N–H and O–H groups in total. The highest BCUT2D eigenvalue weighted by Crippen LogP contribution is 2.47. The normalized spacial score (nSPS) is 14.5. The van der Waals surface area contributed by atoms with Gasteiger partial charge in [-0.25, -0.2) is 0 Å². The van der Waals surface area contributed by atoms with Crippen LogP contribution in [-0.2, 0) is 9.59 Å². The van der Waals surface area contributed by atoms with Crippen LogP contribution in [0.4, 0.5) is 30.7 Å². The Morgan fingerprint density at radius 1 is 1.00 bits per heavy atom. The van der Waals surface area contributed by atoms with Crippen molar-refractivity contribution in [1.82, 2.24) is 0 Å². The van der Waals surface area contributed by atoms with Crippen LogP contribution < -0.4 is 0 Å². The van der Waals surface area contributed by atoms with E-state index in [-0.39, 0.29) is 0 Å². The second-order valence-electron chi connectivity index (χ2n) is 4.23. The lowest BCUT2D eigenvalue weighted by atomic mass is 9.86. The van der Waals surface area contributed by atoms with Crippen LogP contribution in [0.25, 0.3) is 0 Å². The first-order valence-corrected chi connectivity index (χ1v) is 4.44. The smallest absolute Gasteiger partial charge is 0.293 e. The molecule has 0 aliphatic carbocycles. The highest BCUT2D eigenvalue weighted by molar-refractivity contribution is 5.89. The zero-order valence-corrected chi connectivity index (χ0v) is 9.17. The van der Waals surface area contributed by atoms with Crippen molar-refractivity contribution in [3.8, 4) is 0 Å². The molecule has 0 aromatic carbocycles. The van der Waals surface area contributed by atoms with Crippen LogP contribution in [0, 0.1) is 5.41 Å². The maximum atomic E-state index is 12.8. The Morgan fingerprint density at radius 2 is 1.39 bits per heavy atom.